The maximum Gasteiger partial charge on any atom is 0.271 e. The second-order valence-electron chi connectivity index (χ2n) is 3.86. The Bertz CT molecular complexity index is 484. The SMILES string of the molecule is COCC1=CCN(c2nc[nH]c(=O)c2Cl)CC1. The molecule has 2 heterocycles. The minimum atomic E-state index is -0.302. The van der Waals surface area contributed by atoms with Crippen molar-refractivity contribution in [2.75, 3.05) is 31.7 Å². The Morgan fingerprint density at radius 1 is 1.65 bits per heavy atom. The third-order valence-corrected chi connectivity index (χ3v) is 3.05. The van der Waals surface area contributed by atoms with E-state index in [1.165, 1.54) is 11.9 Å². The van der Waals surface area contributed by atoms with Gasteiger partial charge in [-0.05, 0) is 12.0 Å². The van der Waals surface area contributed by atoms with Crippen molar-refractivity contribution in [3.63, 3.8) is 0 Å². The molecule has 2 rings (SSSR count). The average Bonchev–Trinajstić information content (AvgIpc) is 2.34. The first-order valence-corrected chi connectivity index (χ1v) is 5.75. The van der Waals surface area contributed by atoms with Gasteiger partial charge in [-0.25, -0.2) is 4.98 Å². The largest absolute Gasteiger partial charge is 0.380 e. The molecule has 6 heteroatoms. The molecule has 0 unspecified atom stereocenters. The first-order valence-electron chi connectivity index (χ1n) is 5.37. The van der Waals surface area contributed by atoms with Gasteiger partial charge in [0.25, 0.3) is 5.56 Å². The minimum absolute atomic E-state index is 0.149. The zero-order chi connectivity index (χ0) is 12.3. The van der Waals surface area contributed by atoms with Gasteiger partial charge in [0, 0.05) is 20.2 Å². The third-order valence-electron chi connectivity index (χ3n) is 2.71. The van der Waals surface area contributed by atoms with Crippen LogP contribution in [0.1, 0.15) is 6.42 Å². The first kappa shape index (κ1) is 12.1. The van der Waals surface area contributed by atoms with Crippen LogP contribution in [0.2, 0.25) is 5.02 Å². The lowest BCUT2D eigenvalue weighted by atomic mass is 10.1. The highest BCUT2D eigenvalue weighted by Gasteiger charge is 2.17. The lowest BCUT2D eigenvalue weighted by Gasteiger charge is -2.27. The molecule has 0 saturated carbocycles. The molecule has 17 heavy (non-hydrogen) atoms. The van der Waals surface area contributed by atoms with Crippen molar-refractivity contribution in [3.05, 3.63) is 33.4 Å². The number of nitrogens with zero attached hydrogens (tertiary/aromatic N) is 2. The molecule has 0 aromatic carbocycles. The second kappa shape index (κ2) is 5.33. The third kappa shape index (κ3) is 2.68. The standard InChI is InChI=1S/C11H14ClN3O2/c1-17-6-8-2-4-15(5-3-8)10-9(12)11(16)14-7-13-10/h2,7H,3-6H2,1H3,(H,13,14,16). The van der Waals surface area contributed by atoms with E-state index in [0.29, 0.717) is 19.0 Å². The molecule has 5 nitrogen and oxygen atoms in total. The molecule has 1 aromatic rings. The molecule has 0 bridgehead atoms. The van der Waals surface area contributed by atoms with Crippen molar-refractivity contribution < 1.29 is 4.74 Å². The molecule has 92 valence electrons. The molecule has 0 amide bonds. The first-order chi connectivity index (χ1) is 8.22. The smallest absolute Gasteiger partial charge is 0.271 e. The van der Waals surface area contributed by atoms with Crippen molar-refractivity contribution in [3.8, 4) is 0 Å². The molecule has 0 spiro atoms. The van der Waals surface area contributed by atoms with Gasteiger partial charge in [-0.3, -0.25) is 4.79 Å². The topological polar surface area (TPSA) is 58.2 Å². The summed E-state index contributed by atoms with van der Waals surface area (Å²) in [6, 6.07) is 0. The molecular formula is C11H14ClN3O2. The predicted octanol–water partition coefficient (Wildman–Crippen LogP) is 1.21. The van der Waals surface area contributed by atoms with Crippen molar-refractivity contribution in [2.45, 2.75) is 6.42 Å². The van der Waals surface area contributed by atoms with Crippen molar-refractivity contribution in [2.24, 2.45) is 0 Å². The van der Waals surface area contributed by atoms with Crippen LogP contribution in [0.5, 0.6) is 0 Å². The van der Waals surface area contributed by atoms with Crippen LogP contribution in [0.3, 0.4) is 0 Å². The maximum absolute atomic E-state index is 11.4. The van der Waals surface area contributed by atoms with Gasteiger partial charge in [0.15, 0.2) is 5.82 Å². The minimum Gasteiger partial charge on any atom is -0.380 e. The number of anilines is 1. The Morgan fingerprint density at radius 2 is 2.47 bits per heavy atom. The monoisotopic (exact) mass is 255 g/mol. The van der Waals surface area contributed by atoms with E-state index >= 15 is 0 Å². The number of nitrogens with one attached hydrogen (secondary N) is 1. The highest BCUT2D eigenvalue weighted by atomic mass is 35.5. The Labute approximate surface area is 104 Å². The van der Waals surface area contributed by atoms with Crippen LogP contribution >= 0.6 is 11.6 Å². The van der Waals surface area contributed by atoms with Gasteiger partial charge in [-0.1, -0.05) is 17.7 Å². The van der Waals surface area contributed by atoms with Crippen LogP contribution in [-0.2, 0) is 4.74 Å². The summed E-state index contributed by atoms with van der Waals surface area (Å²) >= 11 is 5.93. The van der Waals surface area contributed by atoms with E-state index in [9.17, 15) is 4.79 Å². The van der Waals surface area contributed by atoms with Crippen LogP contribution in [0.4, 0.5) is 5.82 Å². The fraction of sp³-hybridized carbons (Fsp3) is 0.455. The Kier molecular flexibility index (Phi) is 3.81. The molecule has 0 aliphatic carbocycles. The van der Waals surface area contributed by atoms with Gasteiger partial charge < -0.3 is 14.6 Å². The molecule has 0 fully saturated rings. The number of methoxy groups -OCH3 is 1. The van der Waals surface area contributed by atoms with E-state index in [1.807, 2.05) is 4.90 Å². The van der Waals surface area contributed by atoms with Gasteiger partial charge in [-0.15, -0.1) is 0 Å². The van der Waals surface area contributed by atoms with E-state index in [4.69, 9.17) is 16.3 Å². The highest BCUT2D eigenvalue weighted by Crippen LogP contribution is 2.22. The number of rotatable bonds is 3. The zero-order valence-electron chi connectivity index (χ0n) is 9.57. The van der Waals surface area contributed by atoms with Crippen LogP contribution in [0.25, 0.3) is 0 Å². The Balaban J connectivity index is 2.16. The van der Waals surface area contributed by atoms with E-state index < -0.39 is 0 Å². The molecule has 0 atom stereocenters. The number of hydrogen-bond acceptors (Lipinski definition) is 4. The van der Waals surface area contributed by atoms with Crippen molar-refractivity contribution >= 4 is 17.4 Å². The summed E-state index contributed by atoms with van der Waals surface area (Å²) in [5, 5.41) is 0.149. The Hall–Kier alpha value is -1.33. The predicted molar refractivity (Wildman–Crippen MR) is 66.7 cm³/mol. The van der Waals surface area contributed by atoms with Crippen LogP contribution in [-0.4, -0.2) is 36.8 Å². The fourth-order valence-electron chi connectivity index (χ4n) is 1.81. The lowest BCUT2D eigenvalue weighted by Crippen LogP contribution is -2.31. The van der Waals surface area contributed by atoms with Gasteiger partial charge in [0.05, 0.1) is 12.9 Å². The number of aromatic amines is 1. The Morgan fingerprint density at radius 3 is 3.12 bits per heavy atom. The average molecular weight is 256 g/mol. The summed E-state index contributed by atoms with van der Waals surface area (Å²) in [7, 11) is 1.68. The van der Waals surface area contributed by atoms with Crippen LogP contribution in [0.15, 0.2) is 22.8 Å². The van der Waals surface area contributed by atoms with E-state index in [-0.39, 0.29) is 10.6 Å². The molecule has 1 N–H and O–H groups in total. The molecule has 0 radical (unpaired) electrons. The van der Waals surface area contributed by atoms with Gasteiger partial charge in [0.2, 0.25) is 0 Å². The zero-order valence-corrected chi connectivity index (χ0v) is 10.3. The van der Waals surface area contributed by atoms with E-state index in [1.54, 1.807) is 7.11 Å². The lowest BCUT2D eigenvalue weighted by molar-refractivity contribution is 0.222. The summed E-state index contributed by atoms with van der Waals surface area (Å²) in [6.45, 7) is 2.16. The number of halogens is 1. The molecule has 1 aliphatic rings. The summed E-state index contributed by atoms with van der Waals surface area (Å²) in [4.78, 5) is 19.9. The van der Waals surface area contributed by atoms with Gasteiger partial charge in [0.1, 0.15) is 5.02 Å². The summed E-state index contributed by atoms with van der Waals surface area (Å²) in [5.74, 6) is 0.545. The van der Waals surface area contributed by atoms with Gasteiger partial charge >= 0.3 is 0 Å². The maximum atomic E-state index is 11.4. The van der Waals surface area contributed by atoms with Crippen LogP contribution < -0.4 is 10.5 Å². The molecule has 1 aliphatic heterocycles. The van der Waals surface area contributed by atoms with Gasteiger partial charge in [-0.2, -0.15) is 0 Å². The van der Waals surface area contributed by atoms with E-state index in [2.05, 4.69) is 16.0 Å². The molecular weight excluding hydrogens is 242 g/mol. The second-order valence-corrected chi connectivity index (χ2v) is 4.24. The van der Waals surface area contributed by atoms with Crippen molar-refractivity contribution in [1.29, 1.82) is 0 Å². The number of ether oxygens (including phenoxy) is 1. The number of hydrogen-bond donors (Lipinski definition) is 1. The summed E-state index contributed by atoms with van der Waals surface area (Å²) < 4.78 is 5.08. The molecule has 0 saturated heterocycles. The highest BCUT2D eigenvalue weighted by molar-refractivity contribution is 6.32. The quantitative estimate of drug-likeness (QED) is 0.825. The van der Waals surface area contributed by atoms with Crippen LogP contribution in [0, 0.1) is 0 Å². The fourth-order valence-corrected chi connectivity index (χ4v) is 2.04. The normalized spacial score (nSPS) is 15.9. The molecule has 1 aromatic heterocycles. The van der Waals surface area contributed by atoms with E-state index in [0.717, 1.165) is 13.0 Å². The van der Waals surface area contributed by atoms with Crippen molar-refractivity contribution in [1.82, 2.24) is 9.97 Å². The summed E-state index contributed by atoms with van der Waals surface area (Å²) in [6.07, 6.45) is 4.36. The number of aromatic nitrogens is 2. The number of H-pyrrole nitrogens is 1. The summed E-state index contributed by atoms with van der Waals surface area (Å²) in [5.41, 5.74) is 0.966.